The van der Waals surface area contributed by atoms with E-state index in [4.69, 9.17) is 4.74 Å². The van der Waals surface area contributed by atoms with Crippen LogP contribution in [-0.4, -0.2) is 38.3 Å². The van der Waals surface area contributed by atoms with Crippen LogP contribution in [0.2, 0.25) is 0 Å². The van der Waals surface area contributed by atoms with E-state index in [-0.39, 0.29) is 0 Å². The highest BCUT2D eigenvalue weighted by atomic mass is 16.5. The van der Waals surface area contributed by atoms with Crippen molar-refractivity contribution < 1.29 is 4.74 Å². The van der Waals surface area contributed by atoms with Crippen molar-refractivity contribution in [3.05, 3.63) is 0 Å². The summed E-state index contributed by atoms with van der Waals surface area (Å²) in [5.74, 6) is 0. The number of hydrogen-bond donors (Lipinski definition) is 0. The van der Waals surface area contributed by atoms with E-state index in [2.05, 4.69) is 18.7 Å². The summed E-state index contributed by atoms with van der Waals surface area (Å²) in [7, 11) is 1.76. The number of rotatable bonds is 8. The summed E-state index contributed by atoms with van der Waals surface area (Å²) in [6.07, 6.45) is 3.99. The van der Waals surface area contributed by atoms with Gasteiger partial charge in [-0.2, -0.15) is 0 Å². The lowest BCUT2D eigenvalue weighted by molar-refractivity contribution is 0.149. The first-order valence-corrected chi connectivity index (χ1v) is 6.06. The van der Waals surface area contributed by atoms with Crippen molar-refractivity contribution in [1.29, 1.82) is 0 Å². The molecule has 0 aromatic heterocycles. The van der Waals surface area contributed by atoms with Gasteiger partial charge < -0.3 is 9.64 Å². The zero-order chi connectivity index (χ0) is 11.2. The summed E-state index contributed by atoms with van der Waals surface area (Å²) in [5, 5.41) is 0. The van der Waals surface area contributed by atoms with Gasteiger partial charge in [-0.15, -0.1) is 0 Å². The molecule has 2 heteroatoms. The lowest BCUT2D eigenvalue weighted by Gasteiger charge is -2.19. The Morgan fingerprint density at radius 2 is 1.64 bits per heavy atom. The molecule has 0 aliphatic carbocycles. The van der Waals surface area contributed by atoms with Gasteiger partial charge in [0.15, 0.2) is 0 Å². The molecule has 0 aliphatic rings. The molecule has 0 spiro atoms. The Kier molecular flexibility index (Phi) is 18.0. The fourth-order valence-corrected chi connectivity index (χ4v) is 1.23. The standard InChI is InChI=1S/C10H23NO.C2H6/c1-4-6-7-8-11(5-2)9-10-12-3;1-2/h4-10H2,1-3H3;1-2H3. The van der Waals surface area contributed by atoms with Crippen LogP contribution in [-0.2, 0) is 4.74 Å². The summed E-state index contributed by atoms with van der Waals surface area (Å²) in [5.41, 5.74) is 0. The maximum absolute atomic E-state index is 5.04. The Balaban J connectivity index is 0. The van der Waals surface area contributed by atoms with Gasteiger partial charge in [0.25, 0.3) is 0 Å². The summed E-state index contributed by atoms with van der Waals surface area (Å²) in [6, 6.07) is 0. The minimum Gasteiger partial charge on any atom is -0.383 e. The Hall–Kier alpha value is -0.0800. The van der Waals surface area contributed by atoms with E-state index in [0.717, 1.165) is 19.7 Å². The van der Waals surface area contributed by atoms with Crippen molar-refractivity contribution in [2.24, 2.45) is 0 Å². The van der Waals surface area contributed by atoms with Crippen molar-refractivity contribution >= 4 is 0 Å². The van der Waals surface area contributed by atoms with Crippen molar-refractivity contribution in [3.8, 4) is 0 Å². The summed E-state index contributed by atoms with van der Waals surface area (Å²) < 4.78 is 5.04. The fourth-order valence-electron chi connectivity index (χ4n) is 1.23. The van der Waals surface area contributed by atoms with Crippen LogP contribution in [0.3, 0.4) is 0 Å². The van der Waals surface area contributed by atoms with Crippen LogP contribution >= 0.6 is 0 Å². The van der Waals surface area contributed by atoms with E-state index in [1.807, 2.05) is 13.8 Å². The van der Waals surface area contributed by atoms with Crippen LogP contribution in [0.4, 0.5) is 0 Å². The van der Waals surface area contributed by atoms with Gasteiger partial charge >= 0.3 is 0 Å². The molecule has 0 saturated carbocycles. The molecule has 0 atom stereocenters. The molecule has 0 aromatic carbocycles. The third-order valence-electron chi connectivity index (χ3n) is 2.14. The summed E-state index contributed by atoms with van der Waals surface area (Å²) >= 11 is 0. The molecule has 14 heavy (non-hydrogen) atoms. The number of methoxy groups -OCH3 is 1. The first-order chi connectivity index (χ1) is 6.85. The molecule has 0 radical (unpaired) electrons. The zero-order valence-corrected chi connectivity index (χ0v) is 10.8. The minimum atomic E-state index is 0.861. The summed E-state index contributed by atoms with van der Waals surface area (Å²) in [6.45, 7) is 12.8. The van der Waals surface area contributed by atoms with Gasteiger partial charge in [0.2, 0.25) is 0 Å². The van der Waals surface area contributed by atoms with Crippen LogP contribution in [0, 0.1) is 0 Å². The smallest absolute Gasteiger partial charge is 0.0589 e. The Morgan fingerprint density at radius 1 is 1.00 bits per heavy atom. The van der Waals surface area contributed by atoms with Gasteiger partial charge in [-0.1, -0.05) is 40.5 Å². The highest BCUT2D eigenvalue weighted by Crippen LogP contribution is 1.97. The predicted octanol–water partition coefficient (Wildman–Crippen LogP) is 3.17. The Morgan fingerprint density at radius 3 is 2.07 bits per heavy atom. The number of hydrogen-bond acceptors (Lipinski definition) is 2. The monoisotopic (exact) mass is 203 g/mol. The van der Waals surface area contributed by atoms with Crippen LogP contribution in [0.25, 0.3) is 0 Å². The Labute approximate surface area is 90.6 Å². The van der Waals surface area contributed by atoms with E-state index >= 15 is 0 Å². The third kappa shape index (κ3) is 11.9. The average Bonchev–Trinajstić information content (AvgIpc) is 2.26. The molecule has 2 nitrogen and oxygen atoms in total. The SMILES string of the molecule is CC.CCCCCN(CC)CCOC. The van der Waals surface area contributed by atoms with E-state index in [0.29, 0.717) is 0 Å². The molecule has 0 unspecified atom stereocenters. The first kappa shape index (κ1) is 16.4. The van der Waals surface area contributed by atoms with Gasteiger partial charge in [-0.3, -0.25) is 0 Å². The normalized spacial score (nSPS) is 9.86. The minimum absolute atomic E-state index is 0.861. The fraction of sp³-hybridized carbons (Fsp3) is 1.00. The summed E-state index contributed by atoms with van der Waals surface area (Å²) in [4.78, 5) is 2.44. The second-order valence-electron chi connectivity index (χ2n) is 3.13. The van der Waals surface area contributed by atoms with Gasteiger partial charge in [0, 0.05) is 13.7 Å². The lowest BCUT2D eigenvalue weighted by atomic mass is 10.2. The van der Waals surface area contributed by atoms with E-state index in [1.54, 1.807) is 7.11 Å². The number of ether oxygens (including phenoxy) is 1. The predicted molar refractivity (Wildman–Crippen MR) is 64.9 cm³/mol. The van der Waals surface area contributed by atoms with Crippen molar-refractivity contribution in [2.75, 3.05) is 33.4 Å². The molecule has 0 saturated heterocycles. The van der Waals surface area contributed by atoms with Crippen LogP contribution in [0.1, 0.15) is 47.0 Å². The van der Waals surface area contributed by atoms with Crippen LogP contribution in [0.5, 0.6) is 0 Å². The van der Waals surface area contributed by atoms with Crippen molar-refractivity contribution in [3.63, 3.8) is 0 Å². The number of nitrogens with zero attached hydrogens (tertiary/aromatic N) is 1. The van der Waals surface area contributed by atoms with Crippen LogP contribution in [0.15, 0.2) is 0 Å². The molecule has 88 valence electrons. The molecule has 0 N–H and O–H groups in total. The second kappa shape index (κ2) is 15.4. The van der Waals surface area contributed by atoms with E-state index in [1.165, 1.54) is 25.8 Å². The maximum Gasteiger partial charge on any atom is 0.0589 e. The molecular weight excluding hydrogens is 174 g/mol. The van der Waals surface area contributed by atoms with Crippen molar-refractivity contribution in [1.82, 2.24) is 4.90 Å². The van der Waals surface area contributed by atoms with Crippen LogP contribution < -0.4 is 0 Å². The van der Waals surface area contributed by atoms with Crippen molar-refractivity contribution in [2.45, 2.75) is 47.0 Å². The topological polar surface area (TPSA) is 12.5 Å². The maximum atomic E-state index is 5.04. The molecule has 0 rings (SSSR count). The average molecular weight is 203 g/mol. The highest BCUT2D eigenvalue weighted by molar-refractivity contribution is 4.54. The largest absolute Gasteiger partial charge is 0.383 e. The van der Waals surface area contributed by atoms with Gasteiger partial charge in [0.05, 0.1) is 6.61 Å². The molecule has 0 heterocycles. The molecule has 0 aromatic rings. The van der Waals surface area contributed by atoms with E-state index < -0.39 is 0 Å². The number of likely N-dealkylation sites (N-methyl/N-ethyl adjacent to an activating group) is 1. The second-order valence-corrected chi connectivity index (χ2v) is 3.13. The molecule has 0 amide bonds. The molecule has 0 aliphatic heterocycles. The number of unbranched alkanes of at least 4 members (excludes halogenated alkanes) is 2. The molecule has 0 fully saturated rings. The quantitative estimate of drug-likeness (QED) is 0.562. The van der Waals surface area contributed by atoms with E-state index in [9.17, 15) is 0 Å². The van der Waals surface area contributed by atoms with Gasteiger partial charge in [0.1, 0.15) is 0 Å². The molecule has 0 bridgehead atoms. The Bertz CT molecular complexity index is 86.4. The zero-order valence-electron chi connectivity index (χ0n) is 10.8. The van der Waals surface area contributed by atoms with Gasteiger partial charge in [-0.05, 0) is 19.5 Å². The lowest BCUT2D eigenvalue weighted by Crippen LogP contribution is -2.28. The highest BCUT2D eigenvalue weighted by Gasteiger charge is 1.99. The van der Waals surface area contributed by atoms with Gasteiger partial charge in [-0.25, -0.2) is 0 Å². The first-order valence-electron chi connectivity index (χ1n) is 6.06. The molecular formula is C12H29NO. The third-order valence-corrected chi connectivity index (χ3v) is 2.14.